The number of alkyl halides is 3. The Hall–Kier alpha value is -2.85. The SMILES string of the molecule is CC(C)OCC(=O)C1(O)C(C)CC2C3CCC4=CC(=O)C=CC4(C)C3(F)C(O)CC21C.CC(C)OCC(=O)C12OC(C)(C)OC1CC1C3CC(F)C4=CC(=O)C=CC4(C)C3(F)C(O)CC12C. The van der Waals surface area contributed by atoms with Crippen molar-refractivity contribution in [1.82, 2.24) is 0 Å². The summed E-state index contributed by atoms with van der Waals surface area (Å²) in [4.78, 5) is 50.9. The number of hydrogen-bond donors (Lipinski definition) is 3. The summed E-state index contributed by atoms with van der Waals surface area (Å²) in [6.45, 7) is 19.3. The molecule has 17 unspecified atom stereocenters. The Balaban J connectivity index is 0.000000181. The van der Waals surface area contributed by atoms with Crippen LogP contribution in [0.25, 0.3) is 0 Å². The van der Waals surface area contributed by atoms with Crippen molar-refractivity contribution in [2.24, 2.45) is 51.2 Å². The summed E-state index contributed by atoms with van der Waals surface area (Å²) in [5.41, 5.74) is -11.0. The van der Waals surface area contributed by atoms with Crippen molar-refractivity contribution in [3.05, 3.63) is 47.6 Å². The quantitative estimate of drug-likeness (QED) is 0.227. The van der Waals surface area contributed by atoms with Crippen molar-refractivity contribution in [2.45, 2.75) is 186 Å². The Morgan fingerprint density at radius 1 is 0.758 bits per heavy atom. The maximum Gasteiger partial charge on any atom is 0.193 e. The van der Waals surface area contributed by atoms with E-state index in [2.05, 4.69) is 0 Å². The Bertz CT molecular complexity index is 2180. The molecule has 0 aromatic heterocycles. The van der Waals surface area contributed by atoms with Crippen molar-refractivity contribution < 1.29 is 66.6 Å². The normalized spacial score (nSPS) is 49.3. The van der Waals surface area contributed by atoms with E-state index in [1.165, 1.54) is 30.4 Å². The molecule has 66 heavy (non-hydrogen) atoms. The van der Waals surface area contributed by atoms with Crippen LogP contribution in [0.2, 0.25) is 0 Å². The number of hydrogen-bond acceptors (Lipinski definition) is 11. The number of rotatable bonds is 8. The van der Waals surface area contributed by atoms with Crippen molar-refractivity contribution in [1.29, 1.82) is 0 Å². The molecule has 0 aromatic carbocycles. The third-order valence-electron chi connectivity index (χ3n) is 18.8. The number of allylic oxidation sites excluding steroid dienone is 8. The highest BCUT2D eigenvalue weighted by Crippen LogP contribution is 2.74. The van der Waals surface area contributed by atoms with Gasteiger partial charge in [0.25, 0.3) is 0 Å². The molecule has 3 N–H and O–H groups in total. The number of fused-ring (bicyclic) bond motifs is 12. The van der Waals surface area contributed by atoms with Crippen molar-refractivity contribution in [3.63, 3.8) is 0 Å². The summed E-state index contributed by atoms with van der Waals surface area (Å²) in [6.07, 6.45) is 4.60. The van der Waals surface area contributed by atoms with E-state index in [1.54, 1.807) is 33.8 Å². The van der Waals surface area contributed by atoms with Crippen LogP contribution in [0.15, 0.2) is 47.6 Å². The molecule has 7 fully saturated rings. The minimum atomic E-state index is -2.21. The van der Waals surface area contributed by atoms with E-state index in [4.69, 9.17) is 18.9 Å². The highest BCUT2D eigenvalue weighted by molar-refractivity contribution is 6.02. The van der Waals surface area contributed by atoms with Crippen LogP contribution in [0.1, 0.15) is 121 Å². The van der Waals surface area contributed by atoms with E-state index in [1.807, 2.05) is 48.5 Å². The largest absolute Gasteiger partial charge is 0.390 e. The monoisotopic (exact) mass is 928 g/mol. The van der Waals surface area contributed by atoms with Gasteiger partial charge in [-0.15, -0.1) is 0 Å². The minimum Gasteiger partial charge on any atom is -0.390 e. The molecule has 0 aromatic rings. The van der Waals surface area contributed by atoms with Gasteiger partial charge in [-0.2, -0.15) is 0 Å². The molecule has 9 aliphatic rings. The summed E-state index contributed by atoms with van der Waals surface area (Å²) in [7, 11) is 0. The van der Waals surface area contributed by atoms with E-state index in [0.29, 0.717) is 25.7 Å². The molecule has 1 saturated heterocycles. The molecule has 9 rings (SSSR count). The maximum absolute atomic E-state index is 17.3. The topological polar surface area (TPSA) is 166 Å². The van der Waals surface area contributed by atoms with E-state index < -0.39 is 92.2 Å². The van der Waals surface area contributed by atoms with Gasteiger partial charge in [-0.1, -0.05) is 38.5 Å². The Kier molecular flexibility index (Phi) is 11.9. The molecule has 11 nitrogen and oxygen atoms in total. The first-order valence-corrected chi connectivity index (χ1v) is 24.1. The van der Waals surface area contributed by atoms with Crippen LogP contribution in [0.5, 0.6) is 0 Å². The van der Waals surface area contributed by atoms with E-state index in [0.717, 1.165) is 5.57 Å². The van der Waals surface area contributed by atoms with E-state index in [9.17, 15) is 34.5 Å². The van der Waals surface area contributed by atoms with Gasteiger partial charge in [0.1, 0.15) is 25.0 Å². The van der Waals surface area contributed by atoms with Gasteiger partial charge in [0.15, 0.2) is 45.9 Å². The average Bonchev–Trinajstić information content (AvgIpc) is 3.73. The molecule has 8 aliphatic carbocycles. The molecule has 0 spiro atoms. The number of ketones is 4. The third kappa shape index (κ3) is 6.45. The molecule has 366 valence electrons. The molecular formula is C52H71F3O11. The van der Waals surface area contributed by atoms with Crippen molar-refractivity contribution in [3.8, 4) is 0 Å². The first-order chi connectivity index (χ1) is 30.4. The first kappa shape index (κ1) is 49.6. The average molecular weight is 929 g/mol. The molecule has 14 heteroatoms. The van der Waals surface area contributed by atoms with E-state index in [-0.39, 0.29) is 85.2 Å². The van der Waals surface area contributed by atoms with Crippen LogP contribution in [0.3, 0.4) is 0 Å². The number of ether oxygens (including phenoxy) is 4. The van der Waals surface area contributed by atoms with Crippen LogP contribution in [0.4, 0.5) is 13.2 Å². The zero-order valence-corrected chi connectivity index (χ0v) is 40.4. The zero-order chi connectivity index (χ0) is 48.7. The van der Waals surface area contributed by atoms with Crippen LogP contribution in [-0.4, -0.2) is 117 Å². The van der Waals surface area contributed by atoms with E-state index >= 15 is 13.2 Å². The predicted molar refractivity (Wildman–Crippen MR) is 237 cm³/mol. The van der Waals surface area contributed by atoms with Crippen LogP contribution in [-0.2, 0) is 38.1 Å². The fourth-order valence-corrected chi connectivity index (χ4v) is 15.6. The summed E-state index contributed by atoms with van der Waals surface area (Å²) in [6, 6.07) is 0. The van der Waals surface area contributed by atoms with Crippen molar-refractivity contribution >= 4 is 23.1 Å². The smallest absolute Gasteiger partial charge is 0.193 e. The lowest BCUT2D eigenvalue weighted by Crippen LogP contribution is -2.71. The van der Waals surface area contributed by atoms with Crippen LogP contribution < -0.4 is 0 Å². The number of aliphatic hydroxyl groups excluding tert-OH is 2. The number of halogens is 3. The lowest BCUT2D eigenvalue weighted by atomic mass is 9.44. The van der Waals surface area contributed by atoms with Gasteiger partial charge in [0.2, 0.25) is 0 Å². The molecule has 0 amide bonds. The van der Waals surface area contributed by atoms with Gasteiger partial charge >= 0.3 is 0 Å². The lowest BCUT2D eigenvalue weighted by molar-refractivity contribution is -0.249. The Morgan fingerprint density at radius 3 is 1.89 bits per heavy atom. The molecule has 0 bridgehead atoms. The molecule has 1 aliphatic heterocycles. The van der Waals surface area contributed by atoms with Crippen LogP contribution >= 0.6 is 0 Å². The third-order valence-corrected chi connectivity index (χ3v) is 18.8. The summed E-state index contributed by atoms with van der Waals surface area (Å²) < 4.78 is 73.8. The predicted octanol–water partition coefficient (Wildman–Crippen LogP) is 7.13. The van der Waals surface area contributed by atoms with Gasteiger partial charge in [-0.3, -0.25) is 19.2 Å². The molecule has 1 heterocycles. The lowest BCUT2D eigenvalue weighted by Gasteiger charge is -2.63. The molecular weight excluding hydrogens is 858 g/mol. The fourth-order valence-electron chi connectivity index (χ4n) is 15.6. The number of carbonyl (C=O) groups excluding carboxylic acids is 4. The van der Waals surface area contributed by atoms with Gasteiger partial charge in [0, 0.05) is 33.5 Å². The highest BCUT2D eigenvalue weighted by atomic mass is 19.2. The van der Waals surface area contributed by atoms with Gasteiger partial charge in [-0.25, -0.2) is 13.2 Å². The van der Waals surface area contributed by atoms with Crippen molar-refractivity contribution in [2.75, 3.05) is 13.2 Å². The summed E-state index contributed by atoms with van der Waals surface area (Å²) in [5, 5.41) is 34.6. The highest BCUT2D eigenvalue weighted by Gasteiger charge is 2.81. The fraction of sp³-hybridized carbons (Fsp3) is 0.769. The summed E-state index contributed by atoms with van der Waals surface area (Å²) in [5.74, 6) is -4.79. The van der Waals surface area contributed by atoms with Gasteiger partial charge in [0.05, 0.1) is 30.5 Å². The second-order valence-corrected chi connectivity index (χ2v) is 23.2. The summed E-state index contributed by atoms with van der Waals surface area (Å²) >= 11 is 0. The maximum atomic E-state index is 17.3. The van der Waals surface area contributed by atoms with Crippen LogP contribution in [0, 0.1) is 51.2 Å². The Labute approximate surface area is 387 Å². The standard InChI is InChI=1S/C27H36F2O6.C25H35FO5/c1-14(2)33-13-21(32)27-22(34-23(3,4)35-27)11-16-17-10-19(28)18-9-15(30)7-8-24(18,5)26(17,29)20(31)12-25(16,27)6;1-14(2)31-13-21(29)25(30)15(3)10-19-18-7-6-16-11-17(27)8-9-22(16,4)24(18,26)20(28)12-23(19,25)5/h7-9,14,16-17,19-20,22,31H,10-13H2,1-6H3;8-9,11,14-15,18-20,28,30H,6-7,10,12-13H2,1-5H3. The molecule has 0 radical (unpaired) electrons. The van der Waals surface area contributed by atoms with Gasteiger partial charge < -0.3 is 34.3 Å². The number of aliphatic hydroxyl groups is 3. The second-order valence-electron chi connectivity index (χ2n) is 23.2. The zero-order valence-electron chi connectivity index (χ0n) is 40.4. The molecule has 6 saturated carbocycles. The number of Topliss-reactive ketones (excluding diaryl/α,β-unsaturated/α-hetero) is 2. The first-order valence-electron chi connectivity index (χ1n) is 24.1. The molecule has 17 atom stereocenters. The number of carbonyl (C=O) groups is 4. The Morgan fingerprint density at radius 2 is 1.29 bits per heavy atom. The second kappa shape index (κ2) is 15.8. The minimum absolute atomic E-state index is 0.0103. The van der Waals surface area contributed by atoms with Gasteiger partial charge in [-0.05, 0) is 148 Å².